The summed E-state index contributed by atoms with van der Waals surface area (Å²) in [5.74, 6) is 2.32. The summed E-state index contributed by atoms with van der Waals surface area (Å²) in [6.07, 6.45) is 5.18. The number of anilines is 4. The lowest BCUT2D eigenvalue weighted by atomic mass is 10.0. The van der Waals surface area contributed by atoms with Crippen LogP contribution in [0.25, 0.3) is 22.0 Å². The highest BCUT2D eigenvalue weighted by Gasteiger charge is 2.15. The van der Waals surface area contributed by atoms with E-state index in [1.165, 1.54) is 5.56 Å². The number of nitrogens with zero attached hydrogens (tertiary/aromatic N) is 4. The number of hydrogen-bond donors (Lipinski definition) is 3. The van der Waals surface area contributed by atoms with Gasteiger partial charge in [-0.05, 0) is 43.2 Å². The van der Waals surface area contributed by atoms with E-state index < -0.39 is 0 Å². The second kappa shape index (κ2) is 9.77. The topological polar surface area (TPSA) is 87.7 Å². The van der Waals surface area contributed by atoms with Gasteiger partial charge in [-0.25, -0.2) is 19.9 Å². The average molecular weight is 462 g/mol. The van der Waals surface area contributed by atoms with Gasteiger partial charge in [-0.2, -0.15) is 0 Å². The molecule has 0 bridgehead atoms. The van der Waals surface area contributed by atoms with Gasteiger partial charge in [0.1, 0.15) is 23.8 Å². The van der Waals surface area contributed by atoms with E-state index in [1.807, 2.05) is 43.6 Å². The molecule has 1 atom stereocenters. The number of hydrogen-bond acceptors (Lipinski definition) is 7. The highest BCUT2D eigenvalue weighted by Crippen LogP contribution is 2.36. The van der Waals surface area contributed by atoms with E-state index in [0.717, 1.165) is 50.7 Å². The Balaban J connectivity index is 1.54. The summed E-state index contributed by atoms with van der Waals surface area (Å²) >= 11 is 0. The van der Waals surface area contributed by atoms with Gasteiger partial charge >= 0.3 is 0 Å². The molecule has 5 aromatic rings. The summed E-state index contributed by atoms with van der Waals surface area (Å²) in [5.41, 5.74) is 5.00. The van der Waals surface area contributed by atoms with Crippen molar-refractivity contribution in [2.45, 2.75) is 19.9 Å². The summed E-state index contributed by atoms with van der Waals surface area (Å²) in [6.45, 7) is 4.23. The molecule has 0 radical (unpaired) electrons. The molecule has 174 valence electrons. The summed E-state index contributed by atoms with van der Waals surface area (Å²) in [7, 11) is 1.84. The molecule has 0 fully saturated rings. The summed E-state index contributed by atoms with van der Waals surface area (Å²) in [6, 6.07) is 22.6. The Morgan fingerprint density at radius 3 is 2.43 bits per heavy atom. The van der Waals surface area contributed by atoms with Crippen LogP contribution in [0.3, 0.4) is 0 Å². The third-order valence-corrected chi connectivity index (χ3v) is 6.06. The monoisotopic (exact) mass is 461 g/mol. The Hall–Kier alpha value is -4.52. The average Bonchev–Trinajstić information content (AvgIpc) is 2.91. The van der Waals surface area contributed by atoms with Gasteiger partial charge in [0.25, 0.3) is 0 Å². The maximum Gasteiger partial charge on any atom is 0.139 e. The molecule has 7 nitrogen and oxygen atoms in total. The molecule has 0 unspecified atom stereocenters. The van der Waals surface area contributed by atoms with Crippen molar-refractivity contribution < 1.29 is 0 Å². The van der Waals surface area contributed by atoms with Crippen LogP contribution >= 0.6 is 0 Å². The van der Waals surface area contributed by atoms with E-state index in [2.05, 4.69) is 86.1 Å². The van der Waals surface area contributed by atoms with Gasteiger partial charge < -0.3 is 16.0 Å². The number of aryl methyl sites for hydroxylation is 1. The van der Waals surface area contributed by atoms with Gasteiger partial charge in [-0.3, -0.25) is 0 Å². The van der Waals surface area contributed by atoms with Crippen LogP contribution in [0.2, 0.25) is 0 Å². The van der Waals surface area contributed by atoms with E-state index in [4.69, 9.17) is 0 Å². The van der Waals surface area contributed by atoms with Crippen LogP contribution in [-0.4, -0.2) is 27.0 Å². The van der Waals surface area contributed by atoms with Gasteiger partial charge in [-0.1, -0.05) is 42.5 Å². The zero-order chi connectivity index (χ0) is 24.2. The second-order valence-electron chi connectivity index (χ2n) is 8.35. The fraction of sp³-hybridized carbons (Fsp3) is 0.143. The lowest BCUT2D eigenvalue weighted by Crippen LogP contribution is -2.08. The van der Waals surface area contributed by atoms with E-state index in [0.29, 0.717) is 0 Å². The SMILES string of the molecule is CNc1cc(-c2cccnc2Nc2c(C)ccc3c(N[C@H](C)c4ccccc4)nccc23)ncn1. The van der Waals surface area contributed by atoms with E-state index in [1.54, 1.807) is 12.5 Å². The standard InChI is InChI=1S/C28H27N7/c1-18-11-12-22-21(13-15-31-27(22)34-19(2)20-8-5-4-6-9-20)26(18)35-28-23(10-7-14-30-28)24-16-25(29-3)33-17-32-24/h4-17,19H,1-3H3,(H,30,35)(H,31,34)(H,29,32,33)/t19-/m1/s1. The molecular weight excluding hydrogens is 434 g/mol. The number of fused-ring (bicyclic) bond motifs is 1. The van der Waals surface area contributed by atoms with Gasteiger partial charge in [0.15, 0.2) is 0 Å². The first kappa shape index (κ1) is 22.3. The molecule has 0 aliphatic rings. The number of nitrogens with one attached hydrogen (secondary N) is 3. The predicted molar refractivity (Wildman–Crippen MR) is 143 cm³/mol. The van der Waals surface area contributed by atoms with Crippen molar-refractivity contribution in [2.75, 3.05) is 23.0 Å². The smallest absolute Gasteiger partial charge is 0.139 e. The molecule has 3 heterocycles. The van der Waals surface area contributed by atoms with Gasteiger partial charge in [-0.15, -0.1) is 0 Å². The van der Waals surface area contributed by atoms with E-state index >= 15 is 0 Å². The normalized spacial score (nSPS) is 11.7. The quantitative estimate of drug-likeness (QED) is 0.260. The molecular formula is C28H27N7. The third kappa shape index (κ3) is 4.61. The van der Waals surface area contributed by atoms with Crippen molar-refractivity contribution in [3.63, 3.8) is 0 Å². The number of rotatable bonds is 7. The lowest BCUT2D eigenvalue weighted by molar-refractivity contribution is 0.877. The summed E-state index contributed by atoms with van der Waals surface area (Å²) < 4.78 is 0. The van der Waals surface area contributed by atoms with Crippen molar-refractivity contribution in [3.05, 3.63) is 96.6 Å². The Kier molecular flexibility index (Phi) is 6.22. The van der Waals surface area contributed by atoms with E-state index in [-0.39, 0.29) is 6.04 Å². The minimum Gasteiger partial charge on any atom is -0.373 e. The van der Waals surface area contributed by atoms with Crippen molar-refractivity contribution in [1.82, 2.24) is 19.9 Å². The van der Waals surface area contributed by atoms with Crippen LogP contribution in [0.5, 0.6) is 0 Å². The number of aromatic nitrogens is 4. The third-order valence-electron chi connectivity index (χ3n) is 6.06. The van der Waals surface area contributed by atoms with Gasteiger partial charge in [0.05, 0.1) is 11.4 Å². The highest BCUT2D eigenvalue weighted by molar-refractivity contribution is 6.02. The maximum atomic E-state index is 4.66. The summed E-state index contributed by atoms with van der Waals surface area (Å²) in [5, 5.41) is 12.3. The zero-order valence-corrected chi connectivity index (χ0v) is 19.9. The van der Waals surface area contributed by atoms with Crippen LogP contribution in [-0.2, 0) is 0 Å². The van der Waals surface area contributed by atoms with Crippen molar-refractivity contribution in [2.24, 2.45) is 0 Å². The number of benzene rings is 2. The van der Waals surface area contributed by atoms with Crippen LogP contribution in [0.1, 0.15) is 24.1 Å². The molecule has 3 aromatic heterocycles. The van der Waals surface area contributed by atoms with Gasteiger partial charge in [0.2, 0.25) is 0 Å². The van der Waals surface area contributed by atoms with E-state index in [9.17, 15) is 0 Å². The summed E-state index contributed by atoms with van der Waals surface area (Å²) in [4.78, 5) is 18.0. The molecule has 0 aliphatic carbocycles. The highest BCUT2D eigenvalue weighted by atomic mass is 15.0. The fourth-order valence-corrected chi connectivity index (χ4v) is 4.15. The van der Waals surface area contributed by atoms with Crippen LogP contribution in [0, 0.1) is 6.92 Å². The maximum absolute atomic E-state index is 4.66. The molecule has 0 spiro atoms. The van der Waals surface area contributed by atoms with Crippen LogP contribution in [0.4, 0.5) is 23.1 Å². The van der Waals surface area contributed by atoms with Crippen molar-refractivity contribution in [3.8, 4) is 11.3 Å². The lowest BCUT2D eigenvalue weighted by Gasteiger charge is -2.19. The molecule has 0 saturated carbocycles. The molecule has 0 aliphatic heterocycles. The molecule has 3 N–H and O–H groups in total. The van der Waals surface area contributed by atoms with Crippen LogP contribution in [0.15, 0.2) is 85.5 Å². The minimum atomic E-state index is 0.119. The number of pyridine rings is 2. The van der Waals surface area contributed by atoms with Gasteiger partial charge in [0, 0.05) is 47.9 Å². The van der Waals surface area contributed by atoms with Crippen molar-refractivity contribution >= 4 is 33.9 Å². The molecule has 5 rings (SSSR count). The molecule has 0 amide bonds. The second-order valence-corrected chi connectivity index (χ2v) is 8.35. The Morgan fingerprint density at radius 2 is 1.60 bits per heavy atom. The molecule has 2 aromatic carbocycles. The van der Waals surface area contributed by atoms with Crippen molar-refractivity contribution in [1.29, 1.82) is 0 Å². The van der Waals surface area contributed by atoms with Crippen LogP contribution < -0.4 is 16.0 Å². The molecule has 7 heteroatoms. The molecule has 0 saturated heterocycles. The molecule has 35 heavy (non-hydrogen) atoms. The Bertz CT molecular complexity index is 1470. The first-order valence-corrected chi connectivity index (χ1v) is 11.6. The Labute approximate surface area is 204 Å². The Morgan fingerprint density at radius 1 is 0.771 bits per heavy atom. The predicted octanol–water partition coefficient (Wildman–Crippen LogP) is 6.35. The minimum absolute atomic E-state index is 0.119. The first-order valence-electron chi connectivity index (χ1n) is 11.6. The zero-order valence-electron chi connectivity index (χ0n) is 19.9. The fourth-order valence-electron chi connectivity index (χ4n) is 4.15. The first-order chi connectivity index (χ1) is 17.1. The largest absolute Gasteiger partial charge is 0.373 e.